The Labute approximate surface area is 109 Å². The lowest BCUT2D eigenvalue weighted by Crippen LogP contribution is -2.55. The van der Waals surface area contributed by atoms with E-state index in [1.54, 1.807) is 0 Å². The summed E-state index contributed by atoms with van der Waals surface area (Å²) >= 11 is 0. The van der Waals surface area contributed by atoms with E-state index < -0.39 is 5.41 Å². The van der Waals surface area contributed by atoms with Gasteiger partial charge in [0.2, 0.25) is 0 Å². The average molecular weight is 241 g/mol. The molecule has 1 aliphatic carbocycles. The Hall–Kier alpha value is -1.62. The molecular formula is C16H19NO. The predicted molar refractivity (Wildman–Crippen MR) is 71.0 cm³/mol. The summed E-state index contributed by atoms with van der Waals surface area (Å²) < 4.78 is 0. The van der Waals surface area contributed by atoms with Gasteiger partial charge in [-0.05, 0) is 17.9 Å². The highest BCUT2D eigenvalue weighted by atomic mass is 16.1. The zero-order valence-electron chi connectivity index (χ0n) is 11.4. The van der Waals surface area contributed by atoms with Crippen molar-refractivity contribution in [1.82, 2.24) is 0 Å². The highest BCUT2D eigenvalue weighted by molar-refractivity contribution is 5.96. The third-order valence-corrected chi connectivity index (χ3v) is 4.19. The second-order valence-electron chi connectivity index (χ2n) is 6.26. The number of hydrogen-bond acceptors (Lipinski definition) is 2. The van der Waals surface area contributed by atoms with Gasteiger partial charge in [0.25, 0.3) is 0 Å². The van der Waals surface area contributed by atoms with E-state index in [-0.39, 0.29) is 17.1 Å². The van der Waals surface area contributed by atoms with Crippen molar-refractivity contribution < 1.29 is 4.79 Å². The van der Waals surface area contributed by atoms with Gasteiger partial charge >= 0.3 is 0 Å². The third-order valence-electron chi connectivity index (χ3n) is 4.19. The lowest BCUT2D eigenvalue weighted by atomic mass is 9.47. The topological polar surface area (TPSA) is 40.9 Å². The number of Topliss-reactive ketones (excluding diaryl/α,β-unsaturated/α-hetero) is 1. The highest BCUT2D eigenvalue weighted by Gasteiger charge is 2.62. The zero-order valence-corrected chi connectivity index (χ0v) is 11.4. The molecule has 0 bridgehead atoms. The molecule has 2 rings (SSSR count). The van der Waals surface area contributed by atoms with Gasteiger partial charge in [0.1, 0.15) is 5.41 Å². The van der Waals surface area contributed by atoms with E-state index in [4.69, 9.17) is 0 Å². The average Bonchev–Trinajstić information content (AvgIpc) is 2.26. The van der Waals surface area contributed by atoms with Gasteiger partial charge in [0.15, 0.2) is 5.78 Å². The van der Waals surface area contributed by atoms with Gasteiger partial charge in [0, 0.05) is 12.3 Å². The molecular weight excluding hydrogens is 222 g/mol. The van der Waals surface area contributed by atoms with Crippen LogP contribution < -0.4 is 0 Å². The summed E-state index contributed by atoms with van der Waals surface area (Å²) in [5.74, 6) is 0.124. The van der Waals surface area contributed by atoms with Crippen molar-refractivity contribution in [1.29, 1.82) is 5.26 Å². The molecule has 2 nitrogen and oxygen atoms in total. The van der Waals surface area contributed by atoms with E-state index in [9.17, 15) is 10.1 Å². The maximum atomic E-state index is 12.1. The summed E-state index contributed by atoms with van der Waals surface area (Å²) in [6, 6.07) is 10.5. The molecule has 1 saturated carbocycles. The number of ketones is 1. The largest absolute Gasteiger partial charge is 0.298 e. The van der Waals surface area contributed by atoms with E-state index in [0.29, 0.717) is 6.42 Å². The molecule has 0 aromatic heterocycles. The van der Waals surface area contributed by atoms with Crippen molar-refractivity contribution in [3.05, 3.63) is 35.4 Å². The zero-order chi connectivity index (χ0) is 13.6. The van der Waals surface area contributed by atoms with Crippen molar-refractivity contribution in [2.75, 3.05) is 0 Å². The minimum absolute atomic E-state index is 0.0376. The van der Waals surface area contributed by atoms with Crippen LogP contribution in [-0.4, -0.2) is 5.78 Å². The lowest BCUT2D eigenvalue weighted by Gasteiger charge is -2.51. The molecule has 0 saturated heterocycles. The van der Waals surface area contributed by atoms with Crippen LogP contribution in [0.1, 0.15) is 44.2 Å². The molecule has 0 spiro atoms. The van der Waals surface area contributed by atoms with Crippen molar-refractivity contribution in [2.24, 2.45) is 10.8 Å². The van der Waals surface area contributed by atoms with Crippen molar-refractivity contribution >= 4 is 5.78 Å². The minimum atomic E-state index is -0.859. The first-order valence-electron chi connectivity index (χ1n) is 6.34. The third kappa shape index (κ3) is 1.58. The van der Waals surface area contributed by atoms with E-state index in [1.807, 2.05) is 52.0 Å². The monoisotopic (exact) mass is 241 g/mol. The molecule has 94 valence electrons. The first-order valence-corrected chi connectivity index (χ1v) is 6.34. The number of carbonyl (C=O) groups excluding carboxylic acids is 1. The van der Waals surface area contributed by atoms with Gasteiger partial charge in [-0.1, -0.05) is 50.6 Å². The molecule has 1 aliphatic rings. The number of hydrogen-bond donors (Lipinski definition) is 0. The van der Waals surface area contributed by atoms with E-state index in [0.717, 1.165) is 5.56 Å². The quantitative estimate of drug-likeness (QED) is 0.753. The maximum Gasteiger partial charge on any atom is 0.154 e. The van der Waals surface area contributed by atoms with Gasteiger partial charge in [-0.3, -0.25) is 4.79 Å². The van der Waals surface area contributed by atoms with Crippen LogP contribution in [0, 0.1) is 29.1 Å². The minimum Gasteiger partial charge on any atom is -0.298 e. The maximum absolute atomic E-state index is 12.1. The Morgan fingerprint density at radius 2 is 1.83 bits per heavy atom. The number of aryl methyl sites for hydroxylation is 1. The van der Waals surface area contributed by atoms with Crippen LogP contribution in [-0.2, 0) is 4.79 Å². The van der Waals surface area contributed by atoms with Crippen LogP contribution in [0.2, 0.25) is 0 Å². The normalized spacial score (nSPS) is 27.5. The second kappa shape index (κ2) is 3.95. The standard InChI is InChI=1S/C16H19NO/c1-11-5-7-12(8-6-11)13-9-14(18)16(13,10-17)15(2,3)4/h5-8,13H,9H2,1-4H3/t13-,16-/m0/s1. The molecule has 2 heteroatoms. The van der Waals surface area contributed by atoms with Crippen molar-refractivity contribution in [3.8, 4) is 6.07 Å². The van der Waals surface area contributed by atoms with Gasteiger partial charge in [-0.2, -0.15) is 5.26 Å². The number of nitrogens with zero attached hydrogens (tertiary/aromatic N) is 1. The van der Waals surface area contributed by atoms with Crippen LogP contribution in [0.25, 0.3) is 0 Å². The SMILES string of the molecule is Cc1ccc([C@@H]2CC(=O)[C@@]2(C#N)C(C)(C)C)cc1. The highest BCUT2D eigenvalue weighted by Crippen LogP contribution is 2.59. The Balaban J connectivity index is 2.45. The first kappa shape index (κ1) is 12.8. The number of rotatable bonds is 1. The molecule has 0 amide bonds. The molecule has 1 fully saturated rings. The summed E-state index contributed by atoms with van der Waals surface area (Å²) in [5, 5.41) is 9.56. The van der Waals surface area contributed by atoms with Crippen LogP contribution in [0.15, 0.2) is 24.3 Å². The molecule has 0 aliphatic heterocycles. The Morgan fingerprint density at radius 1 is 1.28 bits per heavy atom. The van der Waals surface area contributed by atoms with E-state index in [2.05, 4.69) is 6.07 Å². The number of nitriles is 1. The van der Waals surface area contributed by atoms with Crippen molar-refractivity contribution in [3.63, 3.8) is 0 Å². The van der Waals surface area contributed by atoms with Crippen LogP contribution >= 0.6 is 0 Å². The van der Waals surface area contributed by atoms with Gasteiger partial charge in [-0.15, -0.1) is 0 Å². The molecule has 1 aromatic rings. The van der Waals surface area contributed by atoms with Crippen LogP contribution in [0.4, 0.5) is 0 Å². The van der Waals surface area contributed by atoms with Crippen LogP contribution in [0.3, 0.4) is 0 Å². The fraction of sp³-hybridized carbons (Fsp3) is 0.500. The molecule has 0 radical (unpaired) electrons. The fourth-order valence-corrected chi connectivity index (χ4v) is 2.98. The molecule has 0 heterocycles. The summed E-state index contributed by atoms with van der Waals surface area (Å²) in [5.41, 5.74) is 1.12. The number of carbonyl (C=O) groups is 1. The predicted octanol–water partition coefficient (Wildman–Crippen LogP) is 3.61. The Bertz CT molecular complexity index is 516. The van der Waals surface area contributed by atoms with Crippen molar-refractivity contribution in [2.45, 2.75) is 40.0 Å². The first-order chi connectivity index (χ1) is 8.33. The lowest BCUT2D eigenvalue weighted by molar-refractivity contribution is -0.144. The van der Waals surface area contributed by atoms with Gasteiger partial charge < -0.3 is 0 Å². The number of benzene rings is 1. The van der Waals surface area contributed by atoms with E-state index in [1.165, 1.54) is 5.56 Å². The van der Waals surface area contributed by atoms with Crippen LogP contribution in [0.5, 0.6) is 0 Å². The molecule has 2 atom stereocenters. The fourth-order valence-electron chi connectivity index (χ4n) is 2.98. The second-order valence-corrected chi connectivity index (χ2v) is 6.26. The Morgan fingerprint density at radius 3 is 2.22 bits per heavy atom. The summed E-state index contributed by atoms with van der Waals surface area (Å²) in [4.78, 5) is 12.1. The molecule has 1 aromatic carbocycles. The molecule has 0 unspecified atom stereocenters. The van der Waals surface area contributed by atoms with Gasteiger partial charge in [0.05, 0.1) is 6.07 Å². The summed E-state index contributed by atoms with van der Waals surface area (Å²) in [7, 11) is 0. The molecule has 18 heavy (non-hydrogen) atoms. The summed E-state index contributed by atoms with van der Waals surface area (Å²) in [6.45, 7) is 7.98. The van der Waals surface area contributed by atoms with E-state index >= 15 is 0 Å². The summed E-state index contributed by atoms with van der Waals surface area (Å²) in [6.07, 6.45) is 0.494. The smallest absolute Gasteiger partial charge is 0.154 e. The molecule has 0 N–H and O–H groups in total. The van der Waals surface area contributed by atoms with Gasteiger partial charge in [-0.25, -0.2) is 0 Å². The Kier molecular flexibility index (Phi) is 2.81.